The van der Waals surface area contributed by atoms with Gasteiger partial charge in [0.1, 0.15) is 0 Å². The number of aryl methyl sites for hydroxylation is 1. The minimum atomic E-state index is -0.279. The highest BCUT2D eigenvalue weighted by Crippen LogP contribution is 2.10. The molecule has 1 aliphatic heterocycles. The lowest BCUT2D eigenvalue weighted by molar-refractivity contribution is -0.135. The second kappa shape index (κ2) is 5.12. The maximum Gasteiger partial charge on any atom is 0.239 e. The monoisotopic (exact) mass is 222 g/mol. The first-order valence-electron chi connectivity index (χ1n) is 5.79. The first-order valence-corrected chi connectivity index (χ1v) is 5.79. The van der Waals surface area contributed by atoms with Crippen LogP contribution in [0.5, 0.6) is 0 Å². The molecule has 1 aromatic heterocycles. The first kappa shape index (κ1) is 11.1. The van der Waals surface area contributed by atoms with Crippen molar-refractivity contribution < 1.29 is 4.79 Å². The number of hydrogen-bond donors (Lipinski definition) is 1. The van der Waals surface area contributed by atoms with Crippen molar-refractivity contribution in [3.05, 3.63) is 18.5 Å². The van der Waals surface area contributed by atoms with Crippen LogP contribution in [0.2, 0.25) is 0 Å². The van der Waals surface area contributed by atoms with Crippen LogP contribution in [-0.4, -0.2) is 39.7 Å². The summed E-state index contributed by atoms with van der Waals surface area (Å²) in [6, 6.07) is 1.63. The molecule has 1 fully saturated rings. The lowest BCUT2D eigenvalue weighted by Gasteiger charge is -2.30. The van der Waals surface area contributed by atoms with Gasteiger partial charge in [-0.3, -0.25) is 9.48 Å². The van der Waals surface area contributed by atoms with Crippen molar-refractivity contribution in [2.24, 2.45) is 5.73 Å². The van der Waals surface area contributed by atoms with E-state index in [0.29, 0.717) is 0 Å². The molecular formula is C11H18N4O. The maximum atomic E-state index is 11.7. The normalized spacial score (nSPS) is 21.4. The Kier molecular flexibility index (Phi) is 3.56. The fourth-order valence-electron chi connectivity index (χ4n) is 2.05. The maximum absolute atomic E-state index is 11.7. The topological polar surface area (TPSA) is 64.2 Å². The summed E-state index contributed by atoms with van der Waals surface area (Å²) in [4.78, 5) is 13.6. The summed E-state index contributed by atoms with van der Waals surface area (Å²) in [6.45, 7) is 2.49. The van der Waals surface area contributed by atoms with Crippen molar-refractivity contribution in [3.8, 4) is 0 Å². The Bertz CT molecular complexity index is 336. The molecule has 16 heavy (non-hydrogen) atoms. The molecule has 1 amide bonds. The van der Waals surface area contributed by atoms with E-state index in [1.165, 1.54) is 0 Å². The molecule has 88 valence electrons. The van der Waals surface area contributed by atoms with E-state index in [0.717, 1.165) is 38.9 Å². The molecule has 5 nitrogen and oxygen atoms in total. The third kappa shape index (κ3) is 2.61. The van der Waals surface area contributed by atoms with E-state index in [2.05, 4.69) is 5.10 Å². The molecule has 0 radical (unpaired) electrons. The summed E-state index contributed by atoms with van der Waals surface area (Å²) in [5, 5.41) is 4.12. The Labute approximate surface area is 95.2 Å². The lowest BCUT2D eigenvalue weighted by Crippen LogP contribution is -2.48. The summed E-state index contributed by atoms with van der Waals surface area (Å²) in [6.07, 6.45) is 6.48. The molecule has 0 aromatic carbocycles. The fraction of sp³-hybridized carbons (Fsp3) is 0.636. The number of carbonyl (C=O) groups excluding carboxylic acids is 1. The van der Waals surface area contributed by atoms with E-state index in [4.69, 9.17) is 5.73 Å². The third-order valence-corrected chi connectivity index (χ3v) is 2.95. The molecule has 2 N–H and O–H groups in total. The smallest absolute Gasteiger partial charge is 0.239 e. The van der Waals surface area contributed by atoms with Crippen LogP contribution in [0, 0.1) is 0 Å². The number of likely N-dealkylation sites (tertiary alicyclic amines) is 1. The predicted molar refractivity (Wildman–Crippen MR) is 60.6 cm³/mol. The van der Waals surface area contributed by atoms with Crippen LogP contribution in [0.3, 0.4) is 0 Å². The summed E-state index contributed by atoms with van der Waals surface area (Å²) in [5.74, 6) is 0.103. The lowest BCUT2D eigenvalue weighted by atomic mass is 10.1. The van der Waals surface area contributed by atoms with Crippen LogP contribution in [0.25, 0.3) is 0 Å². The van der Waals surface area contributed by atoms with Gasteiger partial charge in [-0.1, -0.05) is 0 Å². The summed E-state index contributed by atoms with van der Waals surface area (Å²) in [7, 11) is 0. The number of piperidine rings is 1. The fourth-order valence-corrected chi connectivity index (χ4v) is 2.05. The van der Waals surface area contributed by atoms with Crippen molar-refractivity contribution >= 4 is 5.91 Å². The number of nitrogens with zero attached hydrogens (tertiary/aromatic N) is 3. The van der Waals surface area contributed by atoms with Crippen LogP contribution in [0.4, 0.5) is 0 Å². The van der Waals surface area contributed by atoms with Crippen LogP contribution in [-0.2, 0) is 11.3 Å². The van der Waals surface area contributed by atoms with E-state index < -0.39 is 0 Å². The molecule has 0 bridgehead atoms. The van der Waals surface area contributed by atoms with Gasteiger partial charge in [0, 0.05) is 32.0 Å². The molecule has 1 atom stereocenters. The Morgan fingerprint density at radius 1 is 1.50 bits per heavy atom. The van der Waals surface area contributed by atoms with E-state index in [1.54, 1.807) is 6.20 Å². The zero-order valence-electron chi connectivity index (χ0n) is 9.38. The zero-order chi connectivity index (χ0) is 11.4. The Hall–Kier alpha value is -1.36. The van der Waals surface area contributed by atoms with Gasteiger partial charge in [0.25, 0.3) is 0 Å². The second-order valence-electron chi connectivity index (χ2n) is 4.20. The molecule has 1 saturated heterocycles. The van der Waals surface area contributed by atoms with E-state index >= 15 is 0 Å². The van der Waals surface area contributed by atoms with E-state index in [9.17, 15) is 4.79 Å². The van der Waals surface area contributed by atoms with Gasteiger partial charge >= 0.3 is 0 Å². The Morgan fingerprint density at radius 2 is 2.38 bits per heavy atom. The summed E-state index contributed by atoms with van der Waals surface area (Å²) >= 11 is 0. The van der Waals surface area contributed by atoms with Crippen molar-refractivity contribution in [3.63, 3.8) is 0 Å². The molecular weight excluding hydrogens is 204 g/mol. The highest BCUT2D eigenvalue weighted by molar-refractivity contribution is 5.82. The SMILES string of the molecule is NC1CCCN(CCCn2cccn2)C1=O. The van der Waals surface area contributed by atoms with Crippen LogP contribution >= 0.6 is 0 Å². The average molecular weight is 222 g/mol. The number of rotatable bonds is 4. The molecule has 0 spiro atoms. The largest absolute Gasteiger partial charge is 0.341 e. The molecule has 0 aliphatic carbocycles. The van der Waals surface area contributed by atoms with Gasteiger partial charge < -0.3 is 10.6 Å². The van der Waals surface area contributed by atoms with Crippen molar-refractivity contribution in [2.75, 3.05) is 13.1 Å². The number of carbonyl (C=O) groups is 1. The van der Waals surface area contributed by atoms with Gasteiger partial charge in [-0.25, -0.2) is 0 Å². The molecule has 1 aliphatic rings. The van der Waals surface area contributed by atoms with Gasteiger partial charge in [0.15, 0.2) is 0 Å². The van der Waals surface area contributed by atoms with Crippen LogP contribution in [0.1, 0.15) is 19.3 Å². The summed E-state index contributed by atoms with van der Waals surface area (Å²) < 4.78 is 1.88. The number of amides is 1. The summed E-state index contributed by atoms with van der Waals surface area (Å²) in [5.41, 5.74) is 5.73. The highest BCUT2D eigenvalue weighted by atomic mass is 16.2. The molecule has 1 aromatic rings. The molecule has 1 unspecified atom stereocenters. The quantitative estimate of drug-likeness (QED) is 0.792. The first-order chi connectivity index (χ1) is 7.77. The van der Waals surface area contributed by atoms with Crippen molar-refractivity contribution in [2.45, 2.75) is 31.8 Å². The molecule has 0 saturated carbocycles. The average Bonchev–Trinajstić information content (AvgIpc) is 2.77. The van der Waals surface area contributed by atoms with Gasteiger partial charge in [-0.05, 0) is 25.3 Å². The van der Waals surface area contributed by atoms with Gasteiger partial charge in [0.05, 0.1) is 6.04 Å². The third-order valence-electron chi connectivity index (χ3n) is 2.95. The molecule has 5 heteroatoms. The number of hydrogen-bond acceptors (Lipinski definition) is 3. The zero-order valence-corrected chi connectivity index (χ0v) is 9.38. The standard InChI is InChI=1S/C11H18N4O/c12-10-4-1-6-14(11(10)16)7-3-9-15-8-2-5-13-15/h2,5,8,10H,1,3-4,6-7,9,12H2. The van der Waals surface area contributed by atoms with Gasteiger partial charge in [0.2, 0.25) is 5.91 Å². The molecule has 2 rings (SSSR count). The van der Waals surface area contributed by atoms with Crippen LogP contribution in [0.15, 0.2) is 18.5 Å². The number of aromatic nitrogens is 2. The number of nitrogens with two attached hydrogens (primary N) is 1. The minimum Gasteiger partial charge on any atom is -0.341 e. The van der Waals surface area contributed by atoms with Gasteiger partial charge in [-0.2, -0.15) is 5.10 Å². The highest BCUT2D eigenvalue weighted by Gasteiger charge is 2.24. The molecule has 2 heterocycles. The van der Waals surface area contributed by atoms with E-state index in [-0.39, 0.29) is 11.9 Å². The van der Waals surface area contributed by atoms with E-state index in [1.807, 2.05) is 21.8 Å². The second-order valence-corrected chi connectivity index (χ2v) is 4.20. The minimum absolute atomic E-state index is 0.103. The van der Waals surface area contributed by atoms with Crippen LogP contribution < -0.4 is 5.73 Å². The predicted octanol–water partition coefficient (Wildman–Crippen LogP) is 0.223. The Morgan fingerprint density at radius 3 is 3.12 bits per heavy atom. The Balaban J connectivity index is 1.75. The van der Waals surface area contributed by atoms with Crippen molar-refractivity contribution in [1.29, 1.82) is 0 Å². The van der Waals surface area contributed by atoms with Crippen molar-refractivity contribution in [1.82, 2.24) is 14.7 Å². The van der Waals surface area contributed by atoms with Gasteiger partial charge in [-0.15, -0.1) is 0 Å².